The number of terminal acetylenes is 1. The van der Waals surface area contributed by atoms with Gasteiger partial charge in [-0.25, -0.2) is 13.2 Å². The fraction of sp³-hybridized carbons (Fsp3) is 0.387. The lowest BCUT2D eigenvalue weighted by Gasteiger charge is -2.31. The van der Waals surface area contributed by atoms with Gasteiger partial charge in [-0.3, -0.25) is 9.88 Å². The van der Waals surface area contributed by atoms with Crippen LogP contribution in [-0.2, 0) is 0 Å². The van der Waals surface area contributed by atoms with Crippen molar-refractivity contribution >= 4 is 27.5 Å². The minimum atomic E-state index is -0.891. The predicted molar refractivity (Wildman–Crippen MR) is 152 cm³/mol. The van der Waals surface area contributed by atoms with Gasteiger partial charge in [0.25, 0.3) is 0 Å². The number of nitrogens with zero attached hydrogens (tertiary/aromatic N) is 5. The molecule has 5 heterocycles. The highest BCUT2D eigenvalue weighted by atomic mass is 19.1. The Morgan fingerprint density at radius 3 is 2.78 bits per heavy atom. The molecule has 3 saturated heterocycles. The first-order chi connectivity index (χ1) is 20.0. The first-order valence-electron chi connectivity index (χ1n) is 14.0. The topological polar surface area (TPSA) is 66.4 Å². The lowest BCUT2D eigenvalue weighted by Crippen LogP contribution is -2.44. The molecule has 3 aliphatic heterocycles. The molecule has 0 aliphatic carbocycles. The molecule has 7 nitrogen and oxygen atoms in total. The highest BCUT2D eigenvalue weighted by molar-refractivity contribution is 6.02. The van der Waals surface area contributed by atoms with Crippen molar-refractivity contribution in [2.24, 2.45) is 0 Å². The number of piperazine rings is 1. The van der Waals surface area contributed by atoms with Crippen LogP contribution in [0.4, 0.5) is 19.0 Å². The number of nitrogens with one attached hydrogen (secondary N) is 1. The minimum Gasteiger partial charge on any atom is -0.461 e. The van der Waals surface area contributed by atoms with Crippen LogP contribution in [-0.4, -0.2) is 77.4 Å². The summed E-state index contributed by atoms with van der Waals surface area (Å²) in [6.45, 7) is 4.32. The van der Waals surface area contributed by atoms with E-state index in [1.165, 1.54) is 12.1 Å². The summed E-state index contributed by atoms with van der Waals surface area (Å²) in [5, 5.41) is 4.47. The van der Waals surface area contributed by atoms with E-state index in [2.05, 4.69) is 31.0 Å². The van der Waals surface area contributed by atoms with E-state index in [0.717, 1.165) is 32.5 Å². The van der Waals surface area contributed by atoms with Gasteiger partial charge in [0.2, 0.25) is 0 Å². The first-order valence-corrected chi connectivity index (χ1v) is 14.0. The van der Waals surface area contributed by atoms with Crippen molar-refractivity contribution in [3.05, 3.63) is 53.7 Å². The molecule has 2 atom stereocenters. The van der Waals surface area contributed by atoms with Crippen LogP contribution in [0.3, 0.4) is 0 Å². The quantitative estimate of drug-likeness (QED) is 0.363. The SMILES string of the molecule is C#Cc1cccc2c(F)ccc(-c3ncc4c(N5CCNCC5)nc(OC[C@@]56CCCN5C[C@H](F)C6)nc4c3F)c12. The van der Waals surface area contributed by atoms with Crippen molar-refractivity contribution in [1.82, 2.24) is 25.2 Å². The zero-order valence-electron chi connectivity index (χ0n) is 22.5. The van der Waals surface area contributed by atoms with Crippen LogP contribution >= 0.6 is 0 Å². The molecule has 3 aliphatic rings. The number of halogens is 3. The maximum absolute atomic E-state index is 16.5. The second-order valence-electron chi connectivity index (χ2n) is 11.1. The van der Waals surface area contributed by atoms with Crippen LogP contribution in [0.2, 0.25) is 0 Å². The third kappa shape index (κ3) is 4.35. The second-order valence-corrected chi connectivity index (χ2v) is 11.1. The molecule has 0 radical (unpaired) electrons. The van der Waals surface area contributed by atoms with Crippen LogP contribution in [0.25, 0.3) is 32.9 Å². The number of aromatic nitrogens is 3. The molecule has 210 valence electrons. The van der Waals surface area contributed by atoms with Gasteiger partial charge in [0.05, 0.1) is 10.9 Å². The molecule has 0 bridgehead atoms. The standard InChI is InChI=1S/C31H29F3N6O/c1-2-19-5-3-6-21-24(33)8-7-22(25(19)21)27-26(34)28-23(16-36-27)29(39-13-10-35-11-14-39)38-30(37-28)41-18-31-9-4-12-40(31)17-20(32)15-31/h1,3,5-8,16,20,35H,4,9-15,17-18H2/t20-,31+/m1/s1. The van der Waals surface area contributed by atoms with E-state index in [9.17, 15) is 8.78 Å². The number of pyridine rings is 1. The van der Waals surface area contributed by atoms with Gasteiger partial charge in [0, 0.05) is 67.2 Å². The summed E-state index contributed by atoms with van der Waals surface area (Å²) in [7, 11) is 0. The van der Waals surface area contributed by atoms with Gasteiger partial charge in [-0.2, -0.15) is 9.97 Å². The lowest BCUT2D eigenvalue weighted by atomic mass is 9.95. The van der Waals surface area contributed by atoms with Crippen LogP contribution in [0, 0.1) is 24.0 Å². The normalized spacial score (nSPS) is 22.8. The van der Waals surface area contributed by atoms with Gasteiger partial charge in [-0.05, 0) is 37.6 Å². The Labute approximate surface area is 235 Å². The van der Waals surface area contributed by atoms with Gasteiger partial charge in [0.15, 0.2) is 5.82 Å². The molecule has 2 aromatic carbocycles. The number of hydrogen-bond donors (Lipinski definition) is 1. The number of rotatable bonds is 5. The Balaban J connectivity index is 1.36. The van der Waals surface area contributed by atoms with E-state index < -0.39 is 23.3 Å². The molecule has 7 rings (SSSR count). The van der Waals surface area contributed by atoms with Crippen molar-refractivity contribution in [2.75, 3.05) is 50.8 Å². The Morgan fingerprint density at radius 2 is 1.95 bits per heavy atom. The smallest absolute Gasteiger partial charge is 0.319 e. The van der Waals surface area contributed by atoms with Crippen LogP contribution in [0.1, 0.15) is 24.8 Å². The summed E-state index contributed by atoms with van der Waals surface area (Å²) in [4.78, 5) is 18.0. The Bertz CT molecular complexity index is 1700. The molecule has 0 saturated carbocycles. The van der Waals surface area contributed by atoms with Crippen molar-refractivity contribution in [1.29, 1.82) is 0 Å². The Kier molecular flexibility index (Phi) is 6.44. The van der Waals surface area contributed by atoms with E-state index in [-0.39, 0.29) is 29.2 Å². The summed E-state index contributed by atoms with van der Waals surface area (Å²) in [6, 6.07) is 7.80. The predicted octanol–water partition coefficient (Wildman–Crippen LogP) is 4.47. The highest BCUT2D eigenvalue weighted by Gasteiger charge is 2.49. The monoisotopic (exact) mass is 558 g/mol. The summed E-state index contributed by atoms with van der Waals surface area (Å²) in [5.74, 6) is 1.99. The number of fused-ring (bicyclic) bond motifs is 3. The summed E-state index contributed by atoms with van der Waals surface area (Å²) < 4.78 is 51.8. The van der Waals surface area contributed by atoms with Crippen LogP contribution in [0.5, 0.6) is 6.01 Å². The molecule has 0 spiro atoms. The van der Waals surface area contributed by atoms with E-state index >= 15 is 4.39 Å². The Hall–Kier alpha value is -3.94. The molecule has 2 aromatic heterocycles. The molecule has 0 unspecified atom stereocenters. The maximum Gasteiger partial charge on any atom is 0.319 e. The molecule has 10 heteroatoms. The first kappa shape index (κ1) is 26.0. The molecule has 1 N–H and O–H groups in total. The minimum absolute atomic E-state index is 0.0118. The molecule has 41 heavy (non-hydrogen) atoms. The van der Waals surface area contributed by atoms with Crippen molar-refractivity contribution in [3.63, 3.8) is 0 Å². The third-order valence-corrected chi connectivity index (χ3v) is 8.69. The molecule has 3 fully saturated rings. The van der Waals surface area contributed by atoms with E-state index in [0.29, 0.717) is 53.8 Å². The summed E-state index contributed by atoms with van der Waals surface area (Å²) in [5.41, 5.74) is 0.486. The van der Waals surface area contributed by atoms with Crippen molar-refractivity contribution in [2.45, 2.75) is 31.0 Å². The molecular formula is C31H29F3N6O. The molecule has 4 aromatic rings. The number of hydrogen-bond acceptors (Lipinski definition) is 7. The average molecular weight is 559 g/mol. The number of anilines is 1. The summed E-state index contributed by atoms with van der Waals surface area (Å²) >= 11 is 0. The summed E-state index contributed by atoms with van der Waals surface area (Å²) in [6.07, 6.45) is 8.63. The van der Waals surface area contributed by atoms with Crippen LogP contribution < -0.4 is 15.0 Å². The fourth-order valence-electron chi connectivity index (χ4n) is 6.73. The molecular weight excluding hydrogens is 529 g/mol. The second kappa shape index (κ2) is 10.2. The van der Waals surface area contributed by atoms with E-state index in [1.807, 2.05) is 0 Å². The zero-order valence-corrected chi connectivity index (χ0v) is 22.5. The Morgan fingerprint density at radius 1 is 1.10 bits per heavy atom. The number of alkyl halides is 1. The van der Waals surface area contributed by atoms with Gasteiger partial charge in [0.1, 0.15) is 35.6 Å². The van der Waals surface area contributed by atoms with Gasteiger partial charge in [-0.15, -0.1) is 6.42 Å². The van der Waals surface area contributed by atoms with Gasteiger partial charge < -0.3 is 15.0 Å². The highest BCUT2D eigenvalue weighted by Crippen LogP contribution is 2.41. The van der Waals surface area contributed by atoms with E-state index in [4.69, 9.17) is 16.1 Å². The zero-order chi connectivity index (χ0) is 28.1. The van der Waals surface area contributed by atoms with Crippen molar-refractivity contribution in [3.8, 4) is 29.6 Å². The van der Waals surface area contributed by atoms with Crippen molar-refractivity contribution < 1.29 is 17.9 Å². The van der Waals surface area contributed by atoms with E-state index in [1.54, 1.807) is 24.4 Å². The van der Waals surface area contributed by atoms with Gasteiger partial charge >= 0.3 is 6.01 Å². The van der Waals surface area contributed by atoms with Gasteiger partial charge in [-0.1, -0.05) is 18.1 Å². The molecule has 0 amide bonds. The lowest BCUT2D eigenvalue weighted by molar-refractivity contribution is 0.107. The fourth-order valence-corrected chi connectivity index (χ4v) is 6.73. The average Bonchev–Trinajstić information content (AvgIpc) is 3.52. The maximum atomic E-state index is 16.5. The number of ether oxygens (including phenoxy) is 1. The number of benzene rings is 2. The third-order valence-electron chi connectivity index (χ3n) is 8.69. The van der Waals surface area contributed by atoms with Crippen LogP contribution in [0.15, 0.2) is 36.5 Å². The largest absolute Gasteiger partial charge is 0.461 e.